The third-order valence-corrected chi connectivity index (χ3v) is 2.36. The van der Waals surface area contributed by atoms with E-state index in [0.717, 1.165) is 0 Å². The Morgan fingerprint density at radius 1 is 1.10 bits per heavy atom. The van der Waals surface area contributed by atoms with Gasteiger partial charge in [0, 0.05) is 17.9 Å². The molecule has 0 atom stereocenters. The van der Waals surface area contributed by atoms with E-state index in [4.69, 9.17) is 9.47 Å². The second-order valence-electron chi connectivity index (χ2n) is 3.98. The van der Waals surface area contributed by atoms with Crippen LogP contribution in [-0.4, -0.2) is 37.5 Å². The van der Waals surface area contributed by atoms with E-state index in [1.54, 1.807) is 31.2 Å². The van der Waals surface area contributed by atoms with Crippen molar-refractivity contribution in [3.05, 3.63) is 29.8 Å². The Hall–Kier alpha value is -2.21. The van der Waals surface area contributed by atoms with E-state index in [9.17, 15) is 14.4 Å². The first-order chi connectivity index (χ1) is 9.52. The predicted octanol–water partition coefficient (Wildman–Crippen LogP) is 1.41. The number of esters is 1. The molecule has 6 nitrogen and oxygen atoms in total. The first-order valence-electron chi connectivity index (χ1n) is 6.17. The van der Waals surface area contributed by atoms with Crippen molar-refractivity contribution in [3.63, 3.8) is 0 Å². The van der Waals surface area contributed by atoms with Crippen LogP contribution in [0.4, 0.5) is 5.69 Å². The first kappa shape index (κ1) is 15.8. The molecular weight excluding hydrogens is 262 g/mol. The Morgan fingerprint density at radius 3 is 2.30 bits per heavy atom. The summed E-state index contributed by atoms with van der Waals surface area (Å²) in [5.74, 6) is -1.09. The predicted molar refractivity (Wildman–Crippen MR) is 72.5 cm³/mol. The van der Waals surface area contributed by atoms with Gasteiger partial charge in [0.05, 0.1) is 0 Å². The van der Waals surface area contributed by atoms with E-state index in [-0.39, 0.29) is 19.0 Å². The van der Waals surface area contributed by atoms with Crippen LogP contribution in [0.1, 0.15) is 24.2 Å². The van der Waals surface area contributed by atoms with Crippen molar-refractivity contribution >= 4 is 23.3 Å². The molecule has 0 bridgehead atoms. The van der Waals surface area contributed by atoms with Gasteiger partial charge in [0.2, 0.25) is 0 Å². The Balaban J connectivity index is 2.38. The molecule has 0 unspecified atom stereocenters. The lowest BCUT2D eigenvalue weighted by Gasteiger charge is -2.07. The molecule has 0 saturated carbocycles. The van der Waals surface area contributed by atoms with Gasteiger partial charge in [-0.3, -0.25) is 9.59 Å². The van der Waals surface area contributed by atoms with E-state index < -0.39 is 11.9 Å². The molecule has 1 aromatic carbocycles. The molecule has 0 aliphatic rings. The summed E-state index contributed by atoms with van der Waals surface area (Å²) in [5.41, 5.74) is 1.09. The lowest BCUT2D eigenvalue weighted by molar-refractivity contribution is -0.151. The summed E-state index contributed by atoms with van der Waals surface area (Å²) in [6.07, 6.45) is 0. The number of ketones is 1. The molecule has 1 aromatic rings. The van der Waals surface area contributed by atoms with E-state index in [2.05, 4.69) is 5.32 Å². The third kappa shape index (κ3) is 5.62. The number of anilines is 1. The van der Waals surface area contributed by atoms with Crippen molar-refractivity contribution in [1.82, 2.24) is 0 Å². The Morgan fingerprint density at radius 2 is 1.75 bits per heavy atom. The second-order valence-corrected chi connectivity index (χ2v) is 3.98. The lowest BCUT2D eigenvalue weighted by Crippen LogP contribution is -2.22. The largest absolute Gasteiger partial charge is 0.454 e. The molecule has 0 aromatic heterocycles. The molecule has 0 spiro atoms. The number of carbonyl (C=O) groups is 3. The van der Waals surface area contributed by atoms with Crippen LogP contribution in [-0.2, 0) is 19.1 Å². The summed E-state index contributed by atoms with van der Waals surface area (Å²) >= 11 is 0. The molecule has 108 valence electrons. The van der Waals surface area contributed by atoms with Gasteiger partial charge in [0.1, 0.15) is 6.61 Å². The summed E-state index contributed by atoms with van der Waals surface area (Å²) in [5, 5.41) is 2.55. The smallest absolute Gasteiger partial charge is 0.332 e. The van der Waals surface area contributed by atoms with Crippen molar-refractivity contribution in [1.29, 1.82) is 0 Å². The van der Waals surface area contributed by atoms with Crippen molar-refractivity contribution in [2.24, 2.45) is 0 Å². The number of hydrogen-bond donors (Lipinski definition) is 1. The van der Waals surface area contributed by atoms with Crippen LogP contribution in [0.15, 0.2) is 24.3 Å². The summed E-state index contributed by atoms with van der Waals surface area (Å²) in [6, 6.07) is 6.44. The van der Waals surface area contributed by atoms with E-state index in [0.29, 0.717) is 17.9 Å². The van der Waals surface area contributed by atoms with E-state index in [1.807, 2.05) is 0 Å². The summed E-state index contributed by atoms with van der Waals surface area (Å²) < 4.78 is 9.55. The maximum Gasteiger partial charge on any atom is 0.332 e. The third-order valence-electron chi connectivity index (χ3n) is 2.36. The number of rotatable bonds is 7. The van der Waals surface area contributed by atoms with Crippen LogP contribution in [0.2, 0.25) is 0 Å². The zero-order chi connectivity index (χ0) is 15.0. The average Bonchev–Trinajstić information content (AvgIpc) is 2.43. The van der Waals surface area contributed by atoms with Gasteiger partial charge in [-0.15, -0.1) is 0 Å². The van der Waals surface area contributed by atoms with Crippen LogP contribution in [0.25, 0.3) is 0 Å². The highest BCUT2D eigenvalue weighted by Crippen LogP contribution is 2.09. The zero-order valence-electron chi connectivity index (χ0n) is 11.5. The number of ether oxygens (including phenoxy) is 2. The van der Waals surface area contributed by atoms with Crippen LogP contribution in [0.5, 0.6) is 0 Å². The molecule has 1 rings (SSSR count). The molecular formula is C14H17NO5. The molecule has 0 fully saturated rings. The van der Waals surface area contributed by atoms with Crippen molar-refractivity contribution < 1.29 is 23.9 Å². The fraction of sp³-hybridized carbons (Fsp3) is 0.357. The summed E-state index contributed by atoms with van der Waals surface area (Å²) in [4.78, 5) is 33.7. The van der Waals surface area contributed by atoms with Gasteiger partial charge in [-0.25, -0.2) is 4.79 Å². The van der Waals surface area contributed by atoms with Crippen LogP contribution in [0.3, 0.4) is 0 Å². The van der Waals surface area contributed by atoms with Crippen molar-refractivity contribution in [2.45, 2.75) is 13.8 Å². The van der Waals surface area contributed by atoms with Crippen molar-refractivity contribution in [2.75, 3.05) is 25.1 Å². The van der Waals surface area contributed by atoms with E-state index in [1.165, 1.54) is 6.92 Å². The normalized spacial score (nSPS) is 9.90. The highest BCUT2D eigenvalue weighted by molar-refractivity contribution is 5.96. The minimum atomic E-state index is -0.589. The van der Waals surface area contributed by atoms with Crippen molar-refractivity contribution in [3.8, 4) is 0 Å². The second kappa shape index (κ2) is 8.06. The quantitative estimate of drug-likeness (QED) is 0.602. The molecule has 6 heteroatoms. The highest BCUT2D eigenvalue weighted by Gasteiger charge is 2.08. The summed E-state index contributed by atoms with van der Waals surface area (Å²) in [7, 11) is 0. The molecule has 0 saturated heterocycles. The van der Waals surface area contributed by atoms with Gasteiger partial charge in [-0.1, -0.05) is 0 Å². The number of Topliss-reactive ketones (excluding diaryl/α,β-unsaturated/α-hetero) is 1. The molecule has 1 amide bonds. The topological polar surface area (TPSA) is 81.7 Å². The minimum absolute atomic E-state index is 0.0484. The van der Waals surface area contributed by atoms with E-state index >= 15 is 0 Å². The SMILES string of the molecule is CCOCC(=O)OCC(=O)Nc1ccc(C(C)=O)cc1. The Kier molecular flexibility index (Phi) is 6.39. The molecule has 0 radical (unpaired) electrons. The van der Waals surface area contributed by atoms with Gasteiger partial charge in [-0.2, -0.15) is 0 Å². The van der Waals surface area contributed by atoms with Gasteiger partial charge in [0.25, 0.3) is 5.91 Å². The maximum atomic E-state index is 11.5. The molecule has 0 aliphatic heterocycles. The molecule has 1 N–H and O–H groups in total. The molecule has 0 heterocycles. The van der Waals surface area contributed by atoms with Gasteiger partial charge in [0.15, 0.2) is 12.4 Å². The standard InChI is InChI=1S/C14H17NO5/c1-3-19-9-14(18)20-8-13(17)15-12-6-4-11(5-7-12)10(2)16/h4-7H,3,8-9H2,1-2H3,(H,15,17). The number of hydrogen-bond acceptors (Lipinski definition) is 5. The van der Waals surface area contributed by atoms with Crippen LogP contribution < -0.4 is 5.32 Å². The Labute approximate surface area is 117 Å². The van der Waals surface area contributed by atoms with Crippen LogP contribution in [0, 0.1) is 0 Å². The Bertz CT molecular complexity index is 481. The minimum Gasteiger partial charge on any atom is -0.454 e. The van der Waals surface area contributed by atoms with Gasteiger partial charge in [-0.05, 0) is 38.1 Å². The number of benzene rings is 1. The van der Waals surface area contributed by atoms with Gasteiger partial charge >= 0.3 is 5.97 Å². The molecule has 0 aliphatic carbocycles. The lowest BCUT2D eigenvalue weighted by atomic mass is 10.1. The molecule has 20 heavy (non-hydrogen) atoms. The zero-order valence-corrected chi connectivity index (χ0v) is 11.5. The fourth-order valence-electron chi connectivity index (χ4n) is 1.36. The maximum absolute atomic E-state index is 11.5. The monoisotopic (exact) mass is 279 g/mol. The average molecular weight is 279 g/mol. The number of nitrogens with one attached hydrogen (secondary N) is 1. The fourth-order valence-corrected chi connectivity index (χ4v) is 1.36. The summed E-state index contributed by atoms with van der Waals surface area (Å²) in [6.45, 7) is 3.08. The number of amides is 1. The number of carbonyl (C=O) groups excluding carboxylic acids is 3. The first-order valence-corrected chi connectivity index (χ1v) is 6.17. The van der Waals surface area contributed by atoms with Crippen LogP contribution >= 0.6 is 0 Å². The highest BCUT2D eigenvalue weighted by atomic mass is 16.6. The van der Waals surface area contributed by atoms with Gasteiger partial charge < -0.3 is 14.8 Å².